The Labute approximate surface area is 204 Å². The summed E-state index contributed by atoms with van der Waals surface area (Å²) in [6, 6.07) is 14.1. The molecule has 6 heteroatoms. The van der Waals surface area contributed by atoms with E-state index in [9.17, 15) is 14.7 Å². The van der Waals surface area contributed by atoms with Crippen molar-refractivity contribution in [3.8, 4) is 16.9 Å². The van der Waals surface area contributed by atoms with Crippen molar-refractivity contribution in [3.05, 3.63) is 65.0 Å². The van der Waals surface area contributed by atoms with Crippen molar-refractivity contribution in [1.82, 2.24) is 0 Å². The number of carboxylic acids is 1. The van der Waals surface area contributed by atoms with Crippen LogP contribution in [-0.4, -0.2) is 12.1 Å². The molecule has 5 nitrogen and oxygen atoms in total. The van der Waals surface area contributed by atoms with E-state index in [2.05, 4.69) is 6.92 Å². The summed E-state index contributed by atoms with van der Waals surface area (Å²) in [6.07, 6.45) is 7.18. The van der Waals surface area contributed by atoms with Crippen LogP contribution in [0.25, 0.3) is 22.1 Å². The second-order valence-electron chi connectivity index (χ2n) is 7.48. The Morgan fingerprint density at radius 2 is 1.74 bits per heavy atom. The third-order valence-corrected chi connectivity index (χ3v) is 5.19. The van der Waals surface area contributed by atoms with Crippen LogP contribution >= 0.6 is 0 Å². The summed E-state index contributed by atoms with van der Waals surface area (Å²) < 4.78 is 11.3. The van der Waals surface area contributed by atoms with Gasteiger partial charge in [0, 0.05) is 6.07 Å². The summed E-state index contributed by atoms with van der Waals surface area (Å²) in [4.78, 5) is 24.3. The molecular weight excluding hydrogens is 403 g/mol. The van der Waals surface area contributed by atoms with Crippen LogP contribution in [0.4, 0.5) is 0 Å². The molecular formula is C25H27NaO5. The molecule has 31 heavy (non-hydrogen) atoms. The van der Waals surface area contributed by atoms with Crippen LogP contribution in [0.2, 0.25) is 0 Å². The zero-order valence-electron chi connectivity index (χ0n) is 18.3. The van der Waals surface area contributed by atoms with E-state index in [-0.39, 0.29) is 35.0 Å². The molecule has 1 unspecified atom stereocenters. The maximum atomic E-state index is 12.8. The quantitative estimate of drug-likeness (QED) is 0.342. The van der Waals surface area contributed by atoms with Gasteiger partial charge in [-0.25, -0.2) is 0 Å². The normalized spacial score (nSPS) is 11.6. The first-order valence-electron chi connectivity index (χ1n) is 10.6. The number of ether oxygens (including phenoxy) is 1. The van der Waals surface area contributed by atoms with Crippen molar-refractivity contribution < 1.29 is 48.6 Å². The topological polar surface area (TPSA) is 79.6 Å². The molecule has 0 aliphatic rings. The van der Waals surface area contributed by atoms with Gasteiger partial charge in [-0.3, -0.25) is 4.79 Å². The fraction of sp³-hybridized carbons (Fsp3) is 0.360. The van der Waals surface area contributed by atoms with Gasteiger partial charge in [0.2, 0.25) is 0 Å². The van der Waals surface area contributed by atoms with Crippen LogP contribution in [0.3, 0.4) is 0 Å². The van der Waals surface area contributed by atoms with E-state index >= 15 is 0 Å². The molecule has 1 atom stereocenters. The van der Waals surface area contributed by atoms with Gasteiger partial charge in [-0.15, -0.1) is 0 Å². The van der Waals surface area contributed by atoms with Crippen molar-refractivity contribution >= 4 is 16.9 Å². The Hall–Kier alpha value is -2.08. The SMILES string of the molecule is CCCCCCCCC(Oc1ccc2c(=O)c(-c3ccccc3)coc2c1)C(=O)[O-].[Na+]. The van der Waals surface area contributed by atoms with Crippen molar-refractivity contribution in [2.45, 2.75) is 58.0 Å². The van der Waals surface area contributed by atoms with E-state index in [1.807, 2.05) is 30.3 Å². The first kappa shape index (κ1) is 25.2. The van der Waals surface area contributed by atoms with Crippen molar-refractivity contribution in [2.75, 3.05) is 0 Å². The Morgan fingerprint density at radius 3 is 2.45 bits per heavy atom. The molecule has 0 saturated carbocycles. The van der Waals surface area contributed by atoms with E-state index in [0.717, 1.165) is 24.8 Å². The molecule has 0 aliphatic carbocycles. The molecule has 0 amide bonds. The van der Waals surface area contributed by atoms with Gasteiger partial charge in [0.1, 0.15) is 23.7 Å². The molecule has 1 aromatic heterocycles. The van der Waals surface area contributed by atoms with Crippen LogP contribution in [0, 0.1) is 0 Å². The van der Waals surface area contributed by atoms with Gasteiger partial charge in [0.05, 0.1) is 16.9 Å². The number of hydrogen-bond acceptors (Lipinski definition) is 5. The second-order valence-corrected chi connectivity index (χ2v) is 7.48. The molecule has 2 aromatic carbocycles. The number of unbranched alkanes of at least 4 members (excludes halogenated alkanes) is 5. The van der Waals surface area contributed by atoms with E-state index in [1.165, 1.54) is 25.5 Å². The Balaban J connectivity index is 0.00000341. The third kappa shape index (κ3) is 6.96. The Morgan fingerprint density at radius 1 is 1.03 bits per heavy atom. The van der Waals surface area contributed by atoms with Gasteiger partial charge >= 0.3 is 29.6 Å². The minimum absolute atomic E-state index is 0. The first-order chi connectivity index (χ1) is 14.6. The zero-order chi connectivity index (χ0) is 21.3. The van der Waals surface area contributed by atoms with Gasteiger partial charge < -0.3 is 19.1 Å². The minimum Gasteiger partial charge on any atom is -0.546 e. The van der Waals surface area contributed by atoms with Crippen LogP contribution in [-0.2, 0) is 4.79 Å². The van der Waals surface area contributed by atoms with E-state index in [0.29, 0.717) is 28.7 Å². The summed E-state index contributed by atoms with van der Waals surface area (Å²) in [5.41, 5.74) is 1.48. The second kappa shape index (κ2) is 12.7. The van der Waals surface area contributed by atoms with Crippen LogP contribution in [0.5, 0.6) is 5.75 Å². The van der Waals surface area contributed by atoms with E-state index in [4.69, 9.17) is 9.15 Å². The Bertz CT molecular complexity index is 1030. The van der Waals surface area contributed by atoms with Gasteiger partial charge in [0.15, 0.2) is 5.43 Å². The molecule has 0 aliphatic heterocycles. The molecule has 0 bridgehead atoms. The molecule has 0 radical (unpaired) electrons. The predicted octanol–water partition coefficient (Wildman–Crippen LogP) is 1.71. The number of carboxylic acid groups (broad SMARTS) is 1. The van der Waals surface area contributed by atoms with E-state index < -0.39 is 12.1 Å². The molecule has 0 N–H and O–H groups in total. The molecule has 1 heterocycles. The monoisotopic (exact) mass is 430 g/mol. The summed E-state index contributed by atoms with van der Waals surface area (Å²) in [5.74, 6) is -0.886. The predicted molar refractivity (Wildman–Crippen MR) is 115 cm³/mol. The fourth-order valence-corrected chi connectivity index (χ4v) is 3.50. The standard InChI is InChI=1S/C25H28O5.Na/c1-2-3-4-5-6-10-13-22(25(27)28)30-19-14-15-20-23(16-19)29-17-21(24(20)26)18-11-8-7-9-12-18;/h7-9,11-12,14-17,22H,2-6,10,13H2,1H3,(H,27,28);/q;+1/p-1. The largest absolute Gasteiger partial charge is 1.00 e. The molecule has 3 aromatic rings. The smallest absolute Gasteiger partial charge is 0.546 e. The number of rotatable bonds is 11. The average Bonchev–Trinajstić information content (AvgIpc) is 2.76. The van der Waals surface area contributed by atoms with E-state index in [1.54, 1.807) is 18.2 Å². The average molecular weight is 430 g/mol. The number of fused-ring (bicyclic) bond motifs is 1. The number of benzene rings is 2. The number of carbonyl (C=O) groups is 1. The van der Waals surface area contributed by atoms with Crippen LogP contribution in [0.15, 0.2) is 64.0 Å². The molecule has 0 spiro atoms. The molecule has 0 fully saturated rings. The third-order valence-electron chi connectivity index (χ3n) is 5.19. The summed E-state index contributed by atoms with van der Waals surface area (Å²) >= 11 is 0. The summed E-state index contributed by atoms with van der Waals surface area (Å²) in [6.45, 7) is 2.16. The fourth-order valence-electron chi connectivity index (χ4n) is 3.50. The van der Waals surface area contributed by atoms with Crippen molar-refractivity contribution in [1.29, 1.82) is 0 Å². The van der Waals surface area contributed by atoms with Crippen LogP contribution < -0.4 is 44.8 Å². The zero-order valence-corrected chi connectivity index (χ0v) is 20.3. The maximum absolute atomic E-state index is 12.8. The van der Waals surface area contributed by atoms with Gasteiger partial charge in [-0.2, -0.15) is 0 Å². The Kier molecular flexibility index (Phi) is 10.3. The maximum Gasteiger partial charge on any atom is 1.00 e. The summed E-state index contributed by atoms with van der Waals surface area (Å²) in [7, 11) is 0. The van der Waals surface area contributed by atoms with Crippen molar-refractivity contribution in [2.24, 2.45) is 0 Å². The summed E-state index contributed by atoms with van der Waals surface area (Å²) in [5, 5.41) is 11.9. The molecule has 0 saturated heterocycles. The number of aliphatic carboxylic acids is 1. The molecule has 3 rings (SSSR count). The van der Waals surface area contributed by atoms with Crippen molar-refractivity contribution in [3.63, 3.8) is 0 Å². The van der Waals surface area contributed by atoms with Gasteiger partial charge in [-0.05, 0) is 30.5 Å². The van der Waals surface area contributed by atoms with Crippen LogP contribution in [0.1, 0.15) is 51.9 Å². The first-order valence-corrected chi connectivity index (χ1v) is 10.6. The van der Waals surface area contributed by atoms with Gasteiger partial charge in [0.25, 0.3) is 0 Å². The molecule has 158 valence electrons. The number of hydrogen-bond donors (Lipinski definition) is 0. The van der Waals surface area contributed by atoms with Gasteiger partial charge in [-0.1, -0.05) is 69.4 Å². The minimum atomic E-state index is -1.23. The number of carbonyl (C=O) groups excluding carboxylic acids is 1.